The zero-order valence-corrected chi connectivity index (χ0v) is 8.03. The van der Waals surface area contributed by atoms with E-state index < -0.39 is 0 Å². The quantitative estimate of drug-likeness (QED) is 0.760. The molecule has 1 fully saturated rings. The van der Waals surface area contributed by atoms with E-state index >= 15 is 0 Å². The molecule has 0 spiro atoms. The Morgan fingerprint density at radius 2 is 2.46 bits per heavy atom. The zero-order valence-electron chi connectivity index (χ0n) is 8.03. The lowest BCUT2D eigenvalue weighted by Gasteiger charge is -2.12. The molecule has 0 aliphatic heterocycles. The first-order valence-electron chi connectivity index (χ1n) is 4.99. The molecule has 70 valence electrons. The van der Waals surface area contributed by atoms with Crippen molar-refractivity contribution in [1.29, 1.82) is 0 Å². The van der Waals surface area contributed by atoms with E-state index in [4.69, 9.17) is 0 Å². The van der Waals surface area contributed by atoms with Gasteiger partial charge in [-0.05, 0) is 43.9 Å². The van der Waals surface area contributed by atoms with Gasteiger partial charge >= 0.3 is 0 Å². The first-order valence-corrected chi connectivity index (χ1v) is 4.99. The summed E-state index contributed by atoms with van der Waals surface area (Å²) in [4.78, 5) is 4.11. The summed E-state index contributed by atoms with van der Waals surface area (Å²) in [7, 11) is 0. The monoisotopic (exact) mass is 176 g/mol. The van der Waals surface area contributed by atoms with E-state index in [1.54, 1.807) is 0 Å². The number of rotatable bonds is 4. The Morgan fingerprint density at radius 3 is 3.08 bits per heavy atom. The van der Waals surface area contributed by atoms with Gasteiger partial charge in [0, 0.05) is 18.4 Å². The average Bonchev–Trinajstić information content (AvgIpc) is 2.99. The van der Waals surface area contributed by atoms with Crippen LogP contribution >= 0.6 is 0 Å². The highest BCUT2D eigenvalue weighted by Gasteiger charge is 2.21. The van der Waals surface area contributed by atoms with Crippen molar-refractivity contribution in [3.05, 3.63) is 30.1 Å². The van der Waals surface area contributed by atoms with Crippen LogP contribution in [-0.2, 0) is 0 Å². The van der Waals surface area contributed by atoms with Crippen molar-refractivity contribution < 1.29 is 0 Å². The van der Waals surface area contributed by atoms with Crippen LogP contribution in [0.4, 0.5) is 0 Å². The van der Waals surface area contributed by atoms with Gasteiger partial charge in [0.15, 0.2) is 0 Å². The Bertz CT molecular complexity index is 254. The number of nitrogens with zero attached hydrogens (tertiary/aromatic N) is 1. The SMILES string of the molecule is CC(NCC1CC1)c1cccnc1. The normalized spacial score (nSPS) is 18.5. The van der Waals surface area contributed by atoms with E-state index in [0.717, 1.165) is 12.5 Å². The zero-order chi connectivity index (χ0) is 9.10. The van der Waals surface area contributed by atoms with Gasteiger partial charge in [0.2, 0.25) is 0 Å². The van der Waals surface area contributed by atoms with Gasteiger partial charge in [0.25, 0.3) is 0 Å². The van der Waals surface area contributed by atoms with Crippen molar-refractivity contribution in [3.8, 4) is 0 Å². The smallest absolute Gasteiger partial charge is 0.0315 e. The maximum absolute atomic E-state index is 4.11. The molecule has 1 aromatic heterocycles. The van der Waals surface area contributed by atoms with E-state index in [2.05, 4.69) is 23.3 Å². The van der Waals surface area contributed by atoms with Crippen molar-refractivity contribution in [3.63, 3.8) is 0 Å². The predicted octanol–water partition coefficient (Wildman–Crippen LogP) is 2.14. The minimum Gasteiger partial charge on any atom is -0.310 e. The van der Waals surface area contributed by atoms with Gasteiger partial charge in [-0.3, -0.25) is 4.98 Å². The Hall–Kier alpha value is -0.890. The highest BCUT2D eigenvalue weighted by Crippen LogP contribution is 2.28. The van der Waals surface area contributed by atoms with Crippen LogP contribution in [0.2, 0.25) is 0 Å². The van der Waals surface area contributed by atoms with Gasteiger partial charge in [-0.15, -0.1) is 0 Å². The van der Waals surface area contributed by atoms with E-state index in [-0.39, 0.29) is 0 Å². The van der Waals surface area contributed by atoms with E-state index in [9.17, 15) is 0 Å². The Balaban J connectivity index is 1.85. The van der Waals surface area contributed by atoms with Crippen LogP contribution in [0.25, 0.3) is 0 Å². The highest BCUT2D eigenvalue weighted by atomic mass is 14.9. The number of aromatic nitrogens is 1. The molecule has 0 aromatic carbocycles. The van der Waals surface area contributed by atoms with Crippen molar-refractivity contribution in [1.82, 2.24) is 10.3 Å². The summed E-state index contributed by atoms with van der Waals surface area (Å²) in [6.45, 7) is 3.36. The van der Waals surface area contributed by atoms with Crippen LogP contribution in [0.3, 0.4) is 0 Å². The van der Waals surface area contributed by atoms with Crippen LogP contribution < -0.4 is 5.32 Å². The number of hydrogen-bond donors (Lipinski definition) is 1. The lowest BCUT2D eigenvalue weighted by atomic mass is 10.1. The molecule has 1 aromatic rings. The largest absolute Gasteiger partial charge is 0.310 e. The van der Waals surface area contributed by atoms with Gasteiger partial charge in [-0.1, -0.05) is 6.07 Å². The van der Waals surface area contributed by atoms with Crippen LogP contribution in [0.1, 0.15) is 31.4 Å². The summed E-state index contributed by atoms with van der Waals surface area (Å²) in [6.07, 6.45) is 6.57. The third-order valence-corrected chi connectivity index (χ3v) is 2.59. The minimum absolute atomic E-state index is 0.439. The van der Waals surface area contributed by atoms with Crippen molar-refractivity contribution in [2.75, 3.05) is 6.54 Å². The molecule has 1 aliphatic rings. The molecule has 13 heavy (non-hydrogen) atoms. The maximum Gasteiger partial charge on any atom is 0.0315 e. The molecule has 0 saturated heterocycles. The van der Waals surface area contributed by atoms with Crippen LogP contribution in [0.15, 0.2) is 24.5 Å². The summed E-state index contributed by atoms with van der Waals surface area (Å²) in [5, 5.41) is 3.52. The van der Waals surface area contributed by atoms with Crippen LogP contribution in [0.5, 0.6) is 0 Å². The van der Waals surface area contributed by atoms with Gasteiger partial charge in [0.05, 0.1) is 0 Å². The molecule has 1 aliphatic carbocycles. The first-order chi connectivity index (χ1) is 6.36. The summed E-state index contributed by atoms with van der Waals surface area (Å²) in [5.41, 5.74) is 1.28. The highest BCUT2D eigenvalue weighted by molar-refractivity contribution is 5.12. The minimum atomic E-state index is 0.439. The standard InChI is InChI=1S/C11H16N2/c1-9(13-7-10-4-5-10)11-3-2-6-12-8-11/h2-3,6,8-10,13H,4-5,7H2,1H3. The van der Waals surface area contributed by atoms with Gasteiger partial charge in [0.1, 0.15) is 0 Å². The second kappa shape index (κ2) is 3.88. The fraction of sp³-hybridized carbons (Fsp3) is 0.545. The maximum atomic E-state index is 4.11. The van der Waals surface area contributed by atoms with Crippen molar-refractivity contribution in [2.24, 2.45) is 5.92 Å². The third-order valence-electron chi connectivity index (χ3n) is 2.59. The molecular formula is C11H16N2. The van der Waals surface area contributed by atoms with E-state index in [1.807, 2.05) is 18.5 Å². The molecule has 1 saturated carbocycles. The number of pyridine rings is 1. The molecule has 2 nitrogen and oxygen atoms in total. The third kappa shape index (κ3) is 2.52. The number of nitrogens with one attached hydrogen (secondary N) is 1. The molecule has 0 radical (unpaired) electrons. The number of hydrogen-bond acceptors (Lipinski definition) is 2. The molecular weight excluding hydrogens is 160 g/mol. The molecule has 1 unspecified atom stereocenters. The lowest BCUT2D eigenvalue weighted by Crippen LogP contribution is -2.21. The fourth-order valence-corrected chi connectivity index (χ4v) is 1.42. The summed E-state index contributed by atoms with van der Waals surface area (Å²) >= 11 is 0. The molecule has 0 amide bonds. The summed E-state index contributed by atoms with van der Waals surface area (Å²) in [5.74, 6) is 0.944. The van der Waals surface area contributed by atoms with Crippen molar-refractivity contribution >= 4 is 0 Å². The van der Waals surface area contributed by atoms with E-state index in [0.29, 0.717) is 6.04 Å². The second-order valence-electron chi connectivity index (χ2n) is 3.86. The Kier molecular flexibility index (Phi) is 2.60. The van der Waals surface area contributed by atoms with Gasteiger partial charge in [-0.2, -0.15) is 0 Å². The predicted molar refractivity (Wildman–Crippen MR) is 53.4 cm³/mol. The molecule has 0 bridgehead atoms. The molecule has 1 atom stereocenters. The van der Waals surface area contributed by atoms with E-state index in [1.165, 1.54) is 18.4 Å². The van der Waals surface area contributed by atoms with Crippen LogP contribution in [0, 0.1) is 5.92 Å². The lowest BCUT2D eigenvalue weighted by molar-refractivity contribution is 0.547. The first kappa shape index (κ1) is 8.70. The summed E-state index contributed by atoms with van der Waals surface area (Å²) in [6, 6.07) is 4.55. The Labute approximate surface area is 79.4 Å². The van der Waals surface area contributed by atoms with Gasteiger partial charge < -0.3 is 5.32 Å². The van der Waals surface area contributed by atoms with Crippen molar-refractivity contribution in [2.45, 2.75) is 25.8 Å². The van der Waals surface area contributed by atoms with Crippen LogP contribution in [-0.4, -0.2) is 11.5 Å². The molecule has 1 N–H and O–H groups in total. The topological polar surface area (TPSA) is 24.9 Å². The molecule has 2 rings (SSSR count). The summed E-state index contributed by atoms with van der Waals surface area (Å²) < 4.78 is 0. The second-order valence-corrected chi connectivity index (χ2v) is 3.86. The average molecular weight is 176 g/mol. The van der Waals surface area contributed by atoms with Gasteiger partial charge in [-0.25, -0.2) is 0 Å². The fourth-order valence-electron chi connectivity index (χ4n) is 1.42. The Morgan fingerprint density at radius 1 is 1.62 bits per heavy atom. The molecule has 2 heteroatoms. The molecule has 1 heterocycles.